The molecule has 0 bridgehead atoms. The molecule has 0 fully saturated rings. The standard InChI is InChI=1S/C26H16O8/c1-30-16-6-8-17(9-7-16)32-23-14-31-22-13-18(10-11-19(22)24(23)27)33-25(28)20-12-15-4-2-3-5-21(15)34-26(20)29/h2-14H,1H3. The third-order valence-corrected chi connectivity index (χ3v) is 5.07. The molecule has 5 rings (SSSR count). The lowest BCUT2D eigenvalue weighted by Gasteiger charge is -2.08. The fourth-order valence-corrected chi connectivity index (χ4v) is 3.36. The van der Waals surface area contributed by atoms with Crippen molar-refractivity contribution in [2.45, 2.75) is 0 Å². The fraction of sp³-hybridized carbons (Fsp3) is 0.0385. The number of esters is 1. The molecule has 0 unspecified atom stereocenters. The van der Waals surface area contributed by atoms with Gasteiger partial charge in [-0.3, -0.25) is 4.79 Å². The molecule has 0 amide bonds. The molecule has 8 heteroatoms. The van der Waals surface area contributed by atoms with E-state index in [1.807, 2.05) is 0 Å². The highest BCUT2D eigenvalue weighted by molar-refractivity contribution is 5.94. The Balaban J connectivity index is 1.40. The van der Waals surface area contributed by atoms with Crippen LogP contribution in [-0.2, 0) is 0 Å². The van der Waals surface area contributed by atoms with Crippen LogP contribution in [0.15, 0.2) is 97.5 Å². The molecule has 8 nitrogen and oxygen atoms in total. The summed E-state index contributed by atoms with van der Waals surface area (Å²) < 4.78 is 26.8. The van der Waals surface area contributed by atoms with Crippen molar-refractivity contribution in [3.05, 3.63) is 105 Å². The summed E-state index contributed by atoms with van der Waals surface area (Å²) in [5.41, 5.74) is -0.905. The Morgan fingerprint density at radius 3 is 2.35 bits per heavy atom. The molecular formula is C26H16O8. The van der Waals surface area contributed by atoms with Gasteiger partial charge < -0.3 is 23.0 Å². The van der Waals surface area contributed by atoms with Crippen molar-refractivity contribution in [1.29, 1.82) is 0 Å². The topological polar surface area (TPSA) is 105 Å². The molecule has 0 spiro atoms. The number of hydrogen-bond acceptors (Lipinski definition) is 8. The van der Waals surface area contributed by atoms with Gasteiger partial charge in [0, 0.05) is 11.5 Å². The van der Waals surface area contributed by atoms with Gasteiger partial charge in [-0.2, -0.15) is 0 Å². The van der Waals surface area contributed by atoms with E-state index < -0.39 is 17.0 Å². The minimum Gasteiger partial charge on any atom is -0.497 e. The fourth-order valence-electron chi connectivity index (χ4n) is 3.36. The number of carbonyl (C=O) groups is 1. The maximum absolute atomic E-state index is 12.8. The lowest BCUT2D eigenvalue weighted by atomic mass is 10.2. The highest BCUT2D eigenvalue weighted by Gasteiger charge is 2.17. The van der Waals surface area contributed by atoms with Gasteiger partial charge in [-0.25, -0.2) is 9.59 Å². The van der Waals surface area contributed by atoms with Crippen LogP contribution < -0.4 is 25.3 Å². The molecule has 0 saturated heterocycles. The van der Waals surface area contributed by atoms with Crippen molar-refractivity contribution < 1.29 is 27.8 Å². The zero-order valence-corrected chi connectivity index (χ0v) is 17.8. The minimum atomic E-state index is -0.888. The second kappa shape index (κ2) is 8.59. The van der Waals surface area contributed by atoms with E-state index in [1.165, 1.54) is 30.5 Å². The second-order valence-corrected chi connectivity index (χ2v) is 7.24. The van der Waals surface area contributed by atoms with Crippen molar-refractivity contribution in [2.75, 3.05) is 7.11 Å². The molecule has 0 N–H and O–H groups in total. The number of rotatable bonds is 5. The molecular weight excluding hydrogens is 440 g/mol. The van der Waals surface area contributed by atoms with Gasteiger partial charge >= 0.3 is 11.6 Å². The Labute approximate surface area is 191 Å². The van der Waals surface area contributed by atoms with Crippen LogP contribution in [0.2, 0.25) is 0 Å². The third kappa shape index (κ3) is 4.00. The maximum atomic E-state index is 12.8. The van der Waals surface area contributed by atoms with Crippen LogP contribution in [0.5, 0.6) is 23.0 Å². The van der Waals surface area contributed by atoms with Crippen LogP contribution in [0, 0.1) is 0 Å². The second-order valence-electron chi connectivity index (χ2n) is 7.24. The third-order valence-electron chi connectivity index (χ3n) is 5.07. The molecule has 0 saturated carbocycles. The van der Waals surface area contributed by atoms with Crippen LogP contribution in [0.25, 0.3) is 21.9 Å². The first-order chi connectivity index (χ1) is 16.5. The number of benzene rings is 3. The van der Waals surface area contributed by atoms with E-state index in [-0.39, 0.29) is 28.0 Å². The summed E-state index contributed by atoms with van der Waals surface area (Å²) in [5, 5.41) is 0.818. The number of ether oxygens (including phenoxy) is 3. The van der Waals surface area contributed by atoms with Gasteiger partial charge in [-0.05, 0) is 48.5 Å². The Hall–Kier alpha value is -4.85. The Morgan fingerprint density at radius 1 is 0.824 bits per heavy atom. The van der Waals surface area contributed by atoms with Gasteiger partial charge in [0.2, 0.25) is 11.2 Å². The smallest absolute Gasteiger partial charge is 0.351 e. The number of carbonyl (C=O) groups excluding carboxylic acids is 1. The Bertz CT molecular complexity index is 1640. The molecule has 168 valence electrons. The van der Waals surface area contributed by atoms with E-state index in [1.54, 1.807) is 55.6 Å². The SMILES string of the molecule is COc1ccc(Oc2coc3cc(OC(=O)c4cc5ccccc5oc4=O)ccc3c2=O)cc1. The first-order valence-electron chi connectivity index (χ1n) is 10.1. The molecule has 3 aromatic carbocycles. The average molecular weight is 456 g/mol. The monoisotopic (exact) mass is 456 g/mol. The van der Waals surface area contributed by atoms with Crippen LogP contribution >= 0.6 is 0 Å². The van der Waals surface area contributed by atoms with E-state index in [0.717, 1.165) is 0 Å². The summed E-state index contributed by atoms with van der Waals surface area (Å²) in [5.74, 6) is 0.294. The van der Waals surface area contributed by atoms with Gasteiger partial charge in [0.05, 0.1) is 12.5 Å². The zero-order chi connectivity index (χ0) is 23.7. The summed E-state index contributed by atoms with van der Waals surface area (Å²) in [4.78, 5) is 37.6. The quantitative estimate of drug-likeness (QED) is 0.208. The van der Waals surface area contributed by atoms with Gasteiger partial charge in [0.1, 0.15) is 40.2 Å². The molecule has 0 aliphatic rings. The molecule has 2 heterocycles. The molecule has 34 heavy (non-hydrogen) atoms. The molecule has 2 aromatic heterocycles. The minimum absolute atomic E-state index is 0.00353. The van der Waals surface area contributed by atoms with E-state index in [0.29, 0.717) is 22.5 Å². The van der Waals surface area contributed by atoms with Crippen molar-refractivity contribution in [3.63, 3.8) is 0 Å². The lowest BCUT2D eigenvalue weighted by Crippen LogP contribution is -2.18. The van der Waals surface area contributed by atoms with E-state index >= 15 is 0 Å². The number of methoxy groups -OCH3 is 1. The van der Waals surface area contributed by atoms with Crippen LogP contribution in [0.3, 0.4) is 0 Å². The van der Waals surface area contributed by atoms with Crippen molar-refractivity contribution in [1.82, 2.24) is 0 Å². The summed E-state index contributed by atoms with van der Waals surface area (Å²) in [7, 11) is 1.55. The lowest BCUT2D eigenvalue weighted by molar-refractivity contribution is 0.0730. The summed E-state index contributed by atoms with van der Waals surface area (Å²) >= 11 is 0. The van der Waals surface area contributed by atoms with Crippen LogP contribution in [0.4, 0.5) is 0 Å². The molecule has 0 aliphatic carbocycles. The first kappa shape index (κ1) is 21.0. The van der Waals surface area contributed by atoms with Crippen LogP contribution in [-0.4, -0.2) is 13.1 Å². The number of para-hydroxylation sites is 1. The van der Waals surface area contributed by atoms with E-state index in [4.69, 9.17) is 23.0 Å². The largest absolute Gasteiger partial charge is 0.497 e. The number of fused-ring (bicyclic) bond motifs is 2. The highest BCUT2D eigenvalue weighted by atomic mass is 16.5. The van der Waals surface area contributed by atoms with Crippen molar-refractivity contribution in [3.8, 4) is 23.0 Å². The Kier molecular flexibility index (Phi) is 5.31. The van der Waals surface area contributed by atoms with Gasteiger partial charge in [0.25, 0.3) is 0 Å². The predicted octanol–water partition coefficient (Wildman–Crippen LogP) is 4.92. The van der Waals surface area contributed by atoms with Crippen molar-refractivity contribution >= 4 is 27.9 Å². The number of hydrogen-bond donors (Lipinski definition) is 0. The first-order valence-corrected chi connectivity index (χ1v) is 10.1. The summed E-state index contributed by atoms with van der Waals surface area (Å²) in [6.07, 6.45) is 1.18. The average Bonchev–Trinajstić information content (AvgIpc) is 2.85. The van der Waals surface area contributed by atoms with Gasteiger partial charge in [0.15, 0.2) is 0 Å². The normalized spacial score (nSPS) is 10.9. The highest BCUT2D eigenvalue weighted by Crippen LogP contribution is 2.26. The zero-order valence-electron chi connectivity index (χ0n) is 17.8. The molecule has 0 aliphatic heterocycles. The summed E-state index contributed by atoms with van der Waals surface area (Å²) in [6, 6.07) is 19.2. The van der Waals surface area contributed by atoms with E-state index in [9.17, 15) is 14.4 Å². The van der Waals surface area contributed by atoms with Crippen LogP contribution in [0.1, 0.15) is 10.4 Å². The molecule has 0 radical (unpaired) electrons. The van der Waals surface area contributed by atoms with Gasteiger partial charge in [-0.1, -0.05) is 18.2 Å². The Morgan fingerprint density at radius 2 is 1.56 bits per heavy atom. The molecule has 0 atom stereocenters. The van der Waals surface area contributed by atoms with Crippen molar-refractivity contribution in [2.24, 2.45) is 0 Å². The summed E-state index contributed by atoms with van der Waals surface area (Å²) in [6.45, 7) is 0. The predicted molar refractivity (Wildman–Crippen MR) is 123 cm³/mol. The maximum Gasteiger partial charge on any atom is 0.351 e. The molecule has 5 aromatic rings. The van der Waals surface area contributed by atoms with E-state index in [2.05, 4.69) is 0 Å². The van der Waals surface area contributed by atoms with Gasteiger partial charge in [-0.15, -0.1) is 0 Å².